The Morgan fingerprint density at radius 3 is 2.65 bits per heavy atom. The number of nitrogens with one attached hydrogen (secondary N) is 1. The lowest BCUT2D eigenvalue weighted by Crippen LogP contribution is -2.53. The average Bonchev–Trinajstić information content (AvgIpc) is 3.02. The molecule has 0 saturated carbocycles. The number of hydrogen-bond donors (Lipinski definition) is 1. The van der Waals surface area contributed by atoms with Crippen molar-refractivity contribution in [1.29, 1.82) is 0 Å². The smallest absolute Gasteiger partial charge is 0.271 e. The molecular weight excluding hydrogens is 296 g/mol. The number of anilines is 1. The number of carbonyl (C=O) groups is 1. The number of nitro benzene ring substituents is 1. The molecule has 0 spiro atoms. The van der Waals surface area contributed by atoms with Crippen molar-refractivity contribution < 1.29 is 9.72 Å². The van der Waals surface area contributed by atoms with Crippen LogP contribution in [0.1, 0.15) is 13.3 Å². The highest BCUT2D eigenvalue weighted by atomic mass is 16.6. The van der Waals surface area contributed by atoms with E-state index in [1.165, 1.54) is 6.07 Å². The molecule has 1 aromatic rings. The van der Waals surface area contributed by atoms with Crippen LogP contribution in [0, 0.1) is 15.5 Å². The molecule has 1 amide bonds. The summed E-state index contributed by atoms with van der Waals surface area (Å²) in [6.07, 6.45) is 0.886. The normalized spacial score (nSPS) is 24.7. The van der Waals surface area contributed by atoms with Crippen molar-refractivity contribution in [1.82, 2.24) is 10.2 Å². The number of hydrogen-bond acceptors (Lipinski definition) is 5. The van der Waals surface area contributed by atoms with E-state index in [1.807, 2.05) is 17.9 Å². The Labute approximate surface area is 135 Å². The molecule has 0 aliphatic carbocycles. The maximum absolute atomic E-state index is 12.7. The van der Waals surface area contributed by atoms with E-state index in [1.54, 1.807) is 12.1 Å². The molecule has 2 aliphatic heterocycles. The minimum absolute atomic E-state index is 0.102. The SMILES string of the molecule is CC1(C(=O)N2CCN(c3cccc([N+](=O)[O-])c3)CC2)CCNC1. The monoisotopic (exact) mass is 318 g/mol. The van der Waals surface area contributed by atoms with E-state index >= 15 is 0 Å². The number of benzene rings is 1. The molecule has 23 heavy (non-hydrogen) atoms. The fourth-order valence-electron chi connectivity index (χ4n) is 3.35. The van der Waals surface area contributed by atoms with Gasteiger partial charge >= 0.3 is 0 Å². The Kier molecular flexibility index (Phi) is 4.21. The summed E-state index contributed by atoms with van der Waals surface area (Å²) in [5, 5.41) is 14.2. The topological polar surface area (TPSA) is 78.7 Å². The largest absolute Gasteiger partial charge is 0.368 e. The highest BCUT2D eigenvalue weighted by molar-refractivity contribution is 5.83. The number of amides is 1. The van der Waals surface area contributed by atoms with Gasteiger partial charge in [0.25, 0.3) is 5.69 Å². The van der Waals surface area contributed by atoms with Gasteiger partial charge < -0.3 is 15.1 Å². The van der Waals surface area contributed by atoms with Crippen LogP contribution in [0.15, 0.2) is 24.3 Å². The third-order valence-corrected chi connectivity index (χ3v) is 4.86. The molecule has 2 fully saturated rings. The quantitative estimate of drug-likeness (QED) is 0.670. The van der Waals surface area contributed by atoms with Gasteiger partial charge in [0.2, 0.25) is 5.91 Å². The highest BCUT2D eigenvalue weighted by Gasteiger charge is 2.39. The summed E-state index contributed by atoms with van der Waals surface area (Å²) < 4.78 is 0. The van der Waals surface area contributed by atoms with Gasteiger partial charge in [-0.05, 0) is 26.0 Å². The molecule has 3 rings (SSSR count). The summed E-state index contributed by atoms with van der Waals surface area (Å²) in [5.74, 6) is 0.223. The first-order chi connectivity index (χ1) is 11.0. The Morgan fingerprint density at radius 2 is 2.04 bits per heavy atom. The van der Waals surface area contributed by atoms with E-state index in [0.29, 0.717) is 26.2 Å². The molecule has 2 aliphatic rings. The fraction of sp³-hybridized carbons (Fsp3) is 0.562. The molecule has 1 atom stereocenters. The summed E-state index contributed by atoms with van der Waals surface area (Å²) in [5.41, 5.74) is 0.666. The first kappa shape index (κ1) is 15.7. The van der Waals surface area contributed by atoms with Crippen LogP contribution in [0.4, 0.5) is 11.4 Å². The molecule has 0 radical (unpaired) electrons. The van der Waals surface area contributed by atoms with Crippen LogP contribution < -0.4 is 10.2 Å². The number of nitrogens with zero attached hydrogens (tertiary/aromatic N) is 3. The van der Waals surface area contributed by atoms with Gasteiger partial charge in [0.15, 0.2) is 0 Å². The van der Waals surface area contributed by atoms with Gasteiger partial charge in [0.05, 0.1) is 10.3 Å². The van der Waals surface area contributed by atoms with Crippen LogP contribution in [-0.2, 0) is 4.79 Å². The second-order valence-corrected chi connectivity index (χ2v) is 6.54. The van der Waals surface area contributed by atoms with Crippen LogP contribution in [0.3, 0.4) is 0 Å². The van der Waals surface area contributed by atoms with Gasteiger partial charge in [-0.25, -0.2) is 0 Å². The van der Waals surface area contributed by atoms with Crippen LogP contribution in [0.25, 0.3) is 0 Å². The van der Waals surface area contributed by atoms with Gasteiger partial charge in [0, 0.05) is 50.5 Å². The predicted octanol–water partition coefficient (Wildman–Crippen LogP) is 1.24. The van der Waals surface area contributed by atoms with Crippen molar-refractivity contribution in [3.63, 3.8) is 0 Å². The molecule has 2 saturated heterocycles. The highest BCUT2D eigenvalue weighted by Crippen LogP contribution is 2.28. The van der Waals surface area contributed by atoms with Gasteiger partial charge in [-0.15, -0.1) is 0 Å². The standard InChI is InChI=1S/C16H22N4O3/c1-16(5-6-17-12-16)15(21)19-9-7-18(8-10-19)13-3-2-4-14(11-13)20(22)23/h2-4,11,17H,5-10,12H2,1H3. The number of non-ortho nitro benzene ring substituents is 1. The van der Waals surface area contributed by atoms with Crippen LogP contribution in [0.5, 0.6) is 0 Å². The second-order valence-electron chi connectivity index (χ2n) is 6.54. The molecule has 7 heteroatoms. The maximum Gasteiger partial charge on any atom is 0.271 e. The molecule has 2 heterocycles. The Balaban J connectivity index is 1.63. The van der Waals surface area contributed by atoms with Gasteiger partial charge in [-0.2, -0.15) is 0 Å². The minimum Gasteiger partial charge on any atom is -0.368 e. The third-order valence-electron chi connectivity index (χ3n) is 4.86. The first-order valence-corrected chi connectivity index (χ1v) is 7.99. The summed E-state index contributed by atoms with van der Waals surface area (Å²) in [7, 11) is 0. The zero-order valence-electron chi connectivity index (χ0n) is 13.3. The van der Waals surface area contributed by atoms with E-state index < -0.39 is 0 Å². The van der Waals surface area contributed by atoms with Crippen molar-refractivity contribution in [3.05, 3.63) is 34.4 Å². The van der Waals surface area contributed by atoms with Crippen molar-refractivity contribution in [2.75, 3.05) is 44.2 Å². The Bertz CT molecular complexity index is 605. The zero-order chi connectivity index (χ0) is 16.4. The summed E-state index contributed by atoms with van der Waals surface area (Å²) in [4.78, 5) is 27.2. The number of nitro groups is 1. The molecule has 0 bridgehead atoms. The zero-order valence-corrected chi connectivity index (χ0v) is 13.3. The molecule has 1 aromatic carbocycles. The molecule has 7 nitrogen and oxygen atoms in total. The fourth-order valence-corrected chi connectivity index (χ4v) is 3.35. The number of carbonyl (C=O) groups excluding carboxylic acids is 1. The lowest BCUT2D eigenvalue weighted by Gasteiger charge is -2.39. The Morgan fingerprint density at radius 1 is 1.30 bits per heavy atom. The summed E-state index contributed by atoms with van der Waals surface area (Å²) in [6, 6.07) is 6.68. The molecule has 0 aromatic heterocycles. The van der Waals surface area contributed by atoms with Crippen molar-refractivity contribution in [3.8, 4) is 0 Å². The summed E-state index contributed by atoms with van der Waals surface area (Å²) in [6.45, 7) is 6.41. The van der Waals surface area contributed by atoms with Gasteiger partial charge in [0.1, 0.15) is 0 Å². The van der Waals surface area contributed by atoms with Gasteiger partial charge in [-0.3, -0.25) is 14.9 Å². The van der Waals surface area contributed by atoms with Crippen molar-refractivity contribution >= 4 is 17.3 Å². The lowest BCUT2D eigenvalue weighted by atomic mass is 9.88. The molecule has 1 N–H and O–H groups in total. The van der Waals surface area contributed by atoms with E-state index in [2.05, 4.69) is 10.2 Å². The van der Waals surface area contributed by atoms with Gasteiger partial charge in [-0.1, -0.05) is 6.07 Å². The maximum atomic E-state index is 12.7. The third kappa shape index (κ3) is 3.14. The van der Waals surface area contributed by atoms with Crippen LogP contribution >= 0.6 is 0 Å². The predicted molar refractivity (Wildman–Crippen MR) is 87.5 cm³/mol. The molecule has 1 unspecified atom stereocenters. The lowest BCUT2D eigenvalue weighted by molar-refractivity contribution is -0.384. The number of piperazine rings is 1. The minimum atomic E-state index is -0.378. The van der Waals surface area contributed by atoms with E-state index in [4.69, 9.17) is 0 Å². The van der Waals surface area contributed by atoms with E-state index in [0.717, 1.165) is 25.2 Å². The van der Waals surface area contributed by atoms with Crippen LogP contribution in [0.2, 0.25) is 0 Å². The molecular formula is C16H22N4O3. The number of rotatable bonds is 3. The van der Waals surface area contributed by atoms with E-state index in [-0.39, 0.29) is 21.9 Å². The first-order valence-electron chi connectivity index (χ1n) is 7.99. The second kappa shape index (κ2) is 6.16. The van der Waals surface area contributed by atoms with Crippen molar-refractivity contribution in [2.45, 2.75) is 13.3 Å². The average molecular weight is 318 g/mol. The molecule has 124 valence electrons. The van der Waals surface area contributed by atoms with E-state index in [9.17, 15) is 14.9 Å². The Hall–Kier alpha value is -2.15. The van der Waals surface area contributed by atoms with Crippen molar-refractivity contribution in [2.24, 2.45) is 5.41 Å². The summed E-state index contributed by atoms with van der Waals surface area (Å²) >= 11 is 0. The van der Waals surface area contributed by atoms with Crippen LogP contribution in [-0.4, -0.2) is 55.0 Å².